The number of phenolic OH excluding ortho intramolecular Hbond substituents is 1. The van der Waals surface area contributed by atoms with E-state index in [0.717, 1.165) is 28.2 Å². The van der Waals surface area contributed by atoms with Gasteiger partial charge in [-0.15, -0.1) is 0 Å². The van der Waals surface area contributed by atoms with Crippen molar-refractivity contribution in [2.24, 2.45) is 0 Å². The molecule has 0 saturated heterocycles. The van der Waals surface area contributed by atoms with E-state index in [4.69, 9.17) is 5.10 Å². The highest BCUT2D eigenvalue weighted by Gasteiger charge is 2.39. The molecular formula is C24H20N4O2. The molecule has 30 heavy (non-hydrogen) atoms. The van der Waals surface area contributed by atoms with Crippen LogP contribution in [-0.2, 0) is 0 Å². The number of hydrogen-bond donors (Lipinski definition) is 2. The number of aromatic hydroxyl groups is 1. The lowest BCUT2D eigenvalue weighted by Gasteiger charge is -2.36. The fourth-order valence-corrected chi connectivity index (χ4v) is 3.98. The van der Waals surface area contributed by atoms with Crippen molar-refractivity contribution in [2.75, 3.05) is 10.2 Å². The number of aryl methyl sites for hydroxylation is 1. The summed E-state index contributed by atoms with van der Waals surface area (Å²) in [6.07, 6.45) is 0. The third-order valence-corrected chi connectivity index (χ3v) is 5.33. The summed E-state index contributed by atoms with van der Waals surface area (Å²) in [7, 11) is 0. The van der Waals surface area contributed by atoms with E-state index in [0.29, 0.717) is 5.82 Å². The zero-order valence-electron chi connectivity index (χ0n) is 16.4. The van der Waals surface area contributed by atoms with E-state index >= 15 is 0 Å². The number of carbonyl (C=O) groups excluding carboxylic acids is 1. The van der Waals surface area contributed by atoms with Gasteiger partial charge in [-0.1, -0.05) is 48.5 Å². The van der Waals surface area contributed by atoms with Crippen molar-refractivity contribution in [3.8, 4) is 11.4 Å². The number of benzene rings is 3. The first-order valence-corrected chi connectivity index (χ1v) is 9.72. The quantitative estimate of drug-likeness (QED) is 0.510. The normalized spacial score (nSPS) is 15.6. The molecule has 1 aliphatic rings. The highest BCUT2D eigenvalue weighted by molar-refractivity contribution is 6.05. The molecule has 6 nitrogen and oxygen atoms in total. The molecular weight excluding hydrogens is 376 g/mol. The Morgan fingerprint density at radius 1 is 0.867 bits per heavy atom. The van der Waals surface area contributed by atoms with Gasteiger partial charge in [-0.2, -0.15) is 5.10 Å². The summed E-state index contributed by atoms with van der Waals surface area (Å²) in [4.78, 5) is 15.1. The van der Waals surface area contributed by atoms with Crippen LogP contribution in [0.15, 0.2) is 84.9 Å². The number of fused-ring (bicyclic) bond motifs is 1. The second-order valence-electron chi connectivity index (χ2n) is 7.22. The minimum Gasteiger partial charge on any atom is -0.508 e. The molecule has 0 unspecified atom stereocenters. The van der Waals surface area contributed by atoms with Crippen LogP contribution in [-0.4, -0.2) is 20.9 Å². The molecule has 0 spiro atoms. The molecule has 1 atom stereocenters. The number of nitrogens with one attached hydrogen (secondary N) is 1. The first kappa shape index (κ1) is 18.0. The predicted octanol–water partition coefficient (Wildman–Crippen LogP) is 5.03. The van der Waals surface area contributed by atoms with Crippen molar-refractivity contribution in [2.45, 2.75) is 13.0 Å². The number of rotatable bonds is 3. The third kappa shape index (κ3) is 2.90. The Bertz CT molecular complexity index is 1200. The lowest BCUT2D eigenvalue weighted by atomic mass is 9.94. The molecule has 1 aromatic heterocycles. The summed E-state index contributed by atoms with van der Waals surface area (Å²) in [6, 6.07) is 25.7. The molecule has 0 aliphatic carbocycles. The topological polar surface area (TPSA) is 70.4 Å². The minimum atomic E-state index is -0.380. The molecule has 0 radical (unpaired) electrons. The van der Waals surface area contributed by atoms with Gasteiger partial charge in [0, 0.05) is 11.3 Å². The summed E-state index contributed by atoms with van der Waals surface area (Å²) in [6.45, 7) is 1.95. The van der Waals surface area contributed by atoms with Gasteiger partial charge in [-0.25, -0.2) is 9.48 Å². The molecule has 2 N–H and O–H groups in total. The van der Waals surface area contributed by atoms with Gasteiger partial charge in [0.15, 0.2) is 0 Å². The molecule has 2 amide bonds. The number of hydrogen-bond acceptors (Lipinski definition) is 3. The van der Waals surface area contributed by atoms with Gasteiger partial charge in [-0.05, 0) is 48.9 Å². The summed E-state index contributed by atoms with van der Waals surface area (Å²) < 4.78 is 1.78. The Labute approximate surface area is 174 Å². The van der Waals surface area contributed by atoms with Gasteiger partial charge < -0.3 is 5.11 Å². The fraction of sp³-hybridized carbons (Fsp3) is 0.0833. The molecule has 4 aromatic rings. The molecule has 148 valence electrons. The number of urea groups is 1. The SMILES string of the molecule is Cc1nn(-c2ccccc2)c2c1[C@@H](c1ccc(O)cc1)N(c1ccccc1)C(=O)N2. The average Bonchev–Trinajstić information content (AvgIpc) is 3.10. The lowest BCUT2D eigenvalue weighted by Crippen LogP contribution is -2.43. The molecule has 0 saturated carbocycles. The van der Waals surface area contributed by atoms with Crippen LogP contribution in [0.5, 0.6) is 5.75 Å². The van der Waals surface area contributed by atoms with Gasteiger partial charge >= 0.3 is 6.03 Å². The van der Waals surface area contributed by atoms with Crippen molar-refractivity contribution in [1.29, 1.82) is 0 Å². The Hall–Kier alpha value is -4.06. The van der Waals surface area contributed by atoms with Crippen LogP contribution >= 0.6 is 0 Å². The second kappa shape index (κ2) is 7.08. The molecule has 2 heterocycles. The Kier molecular flexibility index (Phi) is 4.25. The zero-order chi connectivity index (χ0) is 20.7. The smallest absolute Gasteiger partial charge is 0.328 e. The third-order valence-electron chi connectivity index (χ3n) is 5.33. The Morgan fingerprint density at radius 3 is 2.10 bits per heavy atom. The first-order chi connectivity index (χ1) is 14.6. The van der Waals surface area contributed by atoms with E-state index in [-0.39, 0.29) is 17.8 Å². The number of nitrogens with zero attached hydrogens (tertiary/aromatic N) is 3. The van der Waals surface area contributed by atoms with Crippen molar-refractivity contribution >= 4 is 17.5 Å². The highest BCUT2D eigenvalue weighted by Crippen LogP contribution is 2.43. The predicted molar refractivity (Wildman–Crippen MR) is 116 cm³/mol. The molecule has 0 bridgehead atoms. The largest absolute Gasteiger partial charge is 0.508 e. The maximum absolute atomic E-state index is 13.3. The first-order valence-electron chi connectivity index (χ1n) is 9.72. The van der Waals surface area contributed by atoms with Crippen molar-refractivity contribution in [1.82, 2.24) is 9.78 Å². The van der Waals surface area contributed by atoms with Crippen LogP contribution in [0, 0.1) is 6.92 Å². The molecule has 1 aliphatic heterocycles. The minimum absolute atomic E-state index is 0.183. The second-order valence-corrected chi connectivity index (χ2v) is 7.22. The van der Waals surface area contributed by atoms with E-state index in [2.05, 4.69) is 5.32 Å². The number of carbonyl (C=O) groups is 1. The van der Waals surface area contributed by atoms with Gasteiger partial charge in [0.25, 0.3) is 0 Å². The van der Waals surface area contributed by atoms with E-state index in [9.17, 15) is 9.90 Å². The zero-order valence-corrected chi connectivity index (χ0v) is 16.4. The van der Waals surface area contributed by atoms with E-state index < -0.39 is 0 Å². The number of aromatic nitrogens is 2. The van der Waals surface area contributed by atoms with Crippen molar-refractivity contribution in [3.63, 3.8) is 0 Å². The Balaban J connectivity index is 1.74. The van der Waals surface area contributed by atoms with Crippen molar-refractivity contribution < 1.29 is 9.90 Å². The molecule has 5 rings (SSSR count). The molecule has 3 aromatic carbocycles. The van der Waals surface area contributed by atoms with Crippen LogP contribution in [0.3, 0.4) is 0 Å². The van der Waals surface area contributed by atoms with Crippen LogP contribution in [0.2, 0.25) is 0 Å². The summed E-state index contributed by atoms with van der Waals surface area (Å²) in [5.41, 5.74) is 4.30. The van der Waals surface area contributed by atoms with Crippen LogP contribution in [0.25, 0.3) is 5.69 Å². The molecule has 0 fully saturated rings. The standard InChI is InChI=1S/C24H20N4O2/c1-16-21-22(17-12-14-20(29)15-13-17)27(18-8-4-2-5-9-18)24(30)25-23(21)28(26-16)19-10-6-3-7-11-19/h2-15,22,29H,1H3,(H,25,30)/t22-/m1/s1. The highest BCUT2D eigenvalue weighted by atomic mass is 16.3. The maximum Gasteiger partial charge on any atom is 0.328 e. The summed E-state index contributed by atoms with van der Waals surface area (Å²) in [5, 5.41) is 17.6. The lowest BCUT2D eigenvalue weighted by molar-refractivity contribution is 0.254. The van der Waals surface area contributed by atoms with E-state index in [1.807, 2.05) is 79.7 Å². The van der Waals surface area contributed by atoms with Crippen LogP contribution in [0.4, 0.5) is 16.3 Å². The van der Waals surface area contributed by atoms with Gasteiger partial charge in [0.1, 0.15) is 11.6 Å². The summed E-state index contributed by atoms with van der Waals surface area (Å²) in [5.74, 6) is 0.844. The fourth-order valence-electron chi connectivity index (χ4n) is 3.98. The van der Waals surface area contributed by atoms with Crippen molar-refractivity contribution in [3.05, 3.63) is 102 Å². The number of anilines is 2. The monoisotopic (exact) mass is 396 g/mol. The van der Waals surface area contributed by atoms with Gasteiger partial charge in [0.05, 0.1) is 17.4 Å². The number of phenols is 1. The number of amides is 2. The average molecular weight is 396 g/mol. The van der Waals surface area contributed by atoms with Gasteiger partial charge in [0.2, 0.25) is 0 Å². The van der Waals surface area contributed by atoms with E-state index in [1.54, 1.807) is 21.7 Å². The summed E-state index contributed by atoms with van der Waals surface area (Å²) >= 11 is 0. The van der Waals surface area contributed by atoms with Gasteiger partial charge in [-0.3, -0.25) is 10.2 Å². The maximum atomic E-state index is 13.3. The Morgan fingerprint density at radius 2 is 1.47 bits per heavy atom. The van der Waals surface area contributed by atoms with Crippen LogP contribution < -0.4 is 10.2 Å². The van der Waals surface area contributed by atoms with E-state index in [1.165, 1.54) is 0 Å². The molecule has 6 heteroatoms. The number of para-hydroxylation sites is 2. The van der Waals surface area contributed by atoms with Crippen LogP contribution in [0.1, 0.15) is 22.9 Å².